The number of nitrogens with zero attached hydrogens (tertiary/aromatic N) is 2. The molecular weight excluding hydrogens is 422 g/mol. The summed E-state index contributed by atoms with van der Waals surface area (Å²) in [5.74, 6) is 0.522. The van der Waals surface area contributed by atoms with Crippen LogP contribution in [0.5, 0.6) is 0 Å². The molecule has 3 aliphatic heterocycles. The Kier molecular flexibility index (Phi) is 6.32. The molecule has 182 valence electrons. The second kappa shape index (κ2) is 9.26. The summed E-state index contributed by atoms with van der Waals surface area (Å²) in [6, 6.07) is 15.5. The summed E-state index contributed by atoms with van der Waals surface area (Å²) in [5.41, 5.74) is 6.29. The highest BCUT2D eigenvalue weighted by Crippen LogP contribution is 2.51. The van der Waals surface area contributed by atoms with E-state index < -0.39 is 0 Å². The highest BCUT2D eigenvalue weighted by Gasteiger charge is 2.45. The van der Waals surface area contributed by atoms with Gasteiger partial charge in [-0.3, -0.25) is 4.90 Å². The lowest BCUT2D eigenvalue weighted by atomic mass is 9.76. The molecule has 0 saturated carbocycles. The molecule has 3 heterocycles. The second-order valence-electron chi connectivity index (χ2n) is 10.8. The fourth-order valence-corrected chi connectivity index (χ4v) is 6.47. The van der Waals surface area contributed by atoms with Crippen molar-refractivity contribution in [3.63, 3.8) is 0 Å². The molecule has 0 aromatic heterocycles. The van der Waals surface area contributed by atoms with Gasteiger partial charge in [-0.1, -0.05) is 44.2 Å². The topological polar surface area (TPSA) is 44.8 Å². The minimum Gasteiger partial charge on any atom is -0.445 e. The lowest BCUT2D eigenvalue weighted by Crippen LogP contribution is -2.53. The van der Waals surface area contributed by atoms with E-state index >= 15 is 0 Å². The molecule has 0 spiro atoms. The SMILES string of the molecule is CCC1(CC)Cc2cc(-c3cccc(N(C)C)c3)ccc2C1NC(=O)O[C@@H]1CN2CCC1CC2. The Labute approximate surface area is 204 Å². The third-order valence-corrected chi connectivity index (χ3v) is 8.83. The van der Waals surface area contributed by atoms with Crippen LogP contribution in [0.2, 0.25) is 0 Å². The maximum atomic E-state index is 13.1. The molecule has 1 N–H and O–H groups in total. The first-order valence-corrected chi connectivity index (χ1v) is 13.0. The number of nitrogens with one attached hydrogen (secondary N) is 1. The van der Waals surface area contributed by atoms with E-state index in [0.29, 0.717) is 5.92 Å². The number of carbonyl (C=O) groups is 1. The van der Waals surface area contributed by atoms with Crippen molar-refractivity contribution in [2.45, 2.75) is 58.1 Å². The second-order valence-corrected chi connectivity index (χ2v) is 10.8. The number of carbonyl (C=O) groups excluding carboxylic acids is 1. The van der Waals surface area contributed by atoms with Gasteiger partial charge >= 0.3 is 6.09 Å². The molecule has 2 atom stereocenters. The van der Waals surface area contributed by atoms with Crippen molar-refractivity contribution >= 4 is 11.8 Å². The van der Waals surface area contributed by atoms with Gasteiger partial charge in [-0.25, -0.2) is 4.79 Å². The van der Waals surface area contributed by atoms with Crippen LogP contribution in [0.15, 0.2) is 42.5 Å². The van der Waals surface area contributed by atoms with Crippen molar-refractivity contribution in [1.29, 1.82) is 0 Å². The smallest absolute Gasteiger partial charge is 0.407 e. The Morgan fingerprint density at radius 3 is 2.47 bits per heavy atom. The number of amides is 1. The normalized spacial score (nSPS) is 26.7. The summed E-state index contributed by atoms with van der Waals surface area (Å²) in [5, 5.41) is 3.33. The van der Waals surface area contributed by atoms with E-state index in [1.54, 1.807) is 0 Å². The van der Waals surface area contributed by atoms with Crippen LogP contribution in [0.3, 0.4) is 0 Å². The molecule has 1 amide bonds. The van der Waals surface area contributed by atoms with Crippen LogP contribution in [0.1, 0.15) is 56.7 Å². The maximum absolute atomic E-state index is 13.1. The molecule has 2 aromatic carbocycles. The highest BCUT2D eigenvalue weighted by molar-refractivity contribution is 5.72. The van der Waals surface area contributed by atoms with Gasteiger partial charge in [0.05, 0.1) is 6.04 Å². The summed E-state index contributed by atoms with van der Waals surface area (Å²) in [7, 11) is 4.15. The molecule has 34 heavy (non-hydrogen) atoms. The molecule has 4 aliphatic rings. The fraction of sp³-hybridized carbons (Fsp3) is 0.552. The predicted octanol–water partition coefficient (Wildman–Crippen LogP) is 5.64. The van der Waals surface area contributed by atoms with Gasteiger partial charge in [-0.2, -0.15) is 0 Å². The Balaban J connectivity index is 1.38. The third-order valence-electron chi connectivity index (χ3n) is 8.83. The molecule has 2 aromatic rings. The zero-order chi connectivity index (χ0) is 23.9. The van der Waals surface area contributed by atoms with E-state index in [1.807, 2.05) is 0 Å². The first-order chi connectivity index (χ1) is 16.4. The molecule has 3 saturated heterocycles. The van der Waals surface area contributed by atoms with Crippen LogP contribution >= 0.6 is 0 Å². The number of piperidine rings is 3. The van der Waals surface area contributed by atoms with Gasteiger partial charge in [0.1, 0.15) is 6.10 Å². The van der Waals surface area contributed by atoms with E-state index in [4.69, 9.17) is 4.74 Å². The summed E-state index contributed by atoms with van der Waals surface area (Å²) < 4.78 is 6.02. The molecule has 5 heteroatoms. The van der Waals surface area contributed by atoms with Crippen molar-refractivity contribution in [2.24, 2.45) is 11.3 Å². The molecular formula is C29H39N3O2. The Morgan fingerprint density at radius 1 is 1.09 bits per heavy atom. The molecule has 5 nitrogen and oxygen atoms in total. The van der Waals surface area contributed by atoms with Crippen molar-refractivity contribution in [3.8, 4) is 11.1 Å². The van der Waals surface area contributed by atoms with Crippen LogP contribution in [-0.2, 0) is 11.2 Å². The van der Waals surface area contributed by atoms with Crippen molar-refractivity contribution in [1.82, 2.24) is 10.2 Å². The average molecular weight is 462 g/mol. The van der Waals surface area contributed by atoms with Crippen LogP contribution in [0, 0.1) is 11.3 Å². The van der Waals surface area contributed by atoms with E-state index in [-0.39, 0.29) is 23.7 Å². The predicted molar refractivity (Wildman–Crippen MR) is 138 cm³/mol. The summed E-state index contributed by atoms with van der Waals surface area (Å²) >= 11 is 0. The van der Waals surface area contributed by atoms with Crippen molar-refractivity contribution < 1.29 is 9.53 Å². The lowest BCUT2D eigenvalue weighted by molar-refractivity contribution is -0.0353. The van der Waals surface area contributed by atoms with Gasteiger partial charge in [0.15, 0.2) is 0 Å². The average Bonchev–Trinajstić information content (AvgIpc) is 3.17. The van der Waals surface area contributed by atoms with Crippen molar-refractivity contribution in [3.05, 3.63) is 53.6 Å². The number of benzene rings is 2. The first-order valence-electron chi connectivity index (χ1n) is 13.0. The van der Waals surface area contributed by atoms with Gasteiger partial charge in [0.2, 0.25) is 0 Å². The van der Waals surface area contributed by atoms with E-state index in [0.717, 1.165) is 51.7 Å². The Bertz CT molecular complexity index is 1040. The summed E-state index contributed by atoms with van der Waals surface area (Å²) in [6.07, 6.45) is 5.12. The molecule has 1 unspecified atom stereocenters. The number of fused-ring (bicyclic) bond motifs is 4. The van der Waals surface area contributed by atoms with E-state index in [9.17, 15) is 4.79 Å². The summed E-state index contributed by atoms with van der Waals surface area (Å²) in [6.45, 7) is 7.70. The zero-order valence-corrected chi connectivity index (χ0v) is 21.1. The number of rotatable bonds is 6. The van der Waals surface area contributed by atoms with Gasteiger partial charge in [0, 0.05) is 26.3 Å². The monoisotopic (exact) mass is 461 g/mol. The minimum absolute atomic E-state index is 0.00626. The van der Waals surface area contributed by atoms with Gasteiger partial charge in [-0.15, -0.1) is 0 Å². The molecule has 0 radical (unpaired) electrons. The summed E-state index contributed by atoms with van der Waals surface area (Å²) in [4.78, 5) is 17.7. The van der Waals surface area contributed by atoms with E-state index in [2.05, 4.69) is 85.5 Å². The third kappa shape index (κ3) is 4.19. The zero-order valence-electron chi connectivity index (χ0n) is 21.1. The first kappa shape index (κ1) is 23.2. The molecule has 3 fully saturated rings. The van der Waals surface area contributed by atoms with Crippen LogP contribution in [0.25, 0.3) is 11.1 Å². The Hall–Kier alpha value is -2.53. The maximum Gasteiger partial charge on any atom is 0.407 e. The number of ether oxygens (including phenoxy) is 1. The number of hydrogen-bond donors (Lipinski definition) is 1. The van der Waals surface area contributed by atoms with Crippen LogP contribution < -0.4 is 10.2 Å². The highest BCUT2D eigenvalue weighted by atomic mass is 16.6. The largest absolute Gasteiger partial charge is 0.445 e. The van der Waals surface area contributed by atoms with Gasteiger partial charge in [-0.05, 0) is 90.9 Å². The molecule has 1 aliphatic carbocycles. The van der Waals surface area contributed by atoms with E-state index in [1.165, 1.54) is 27.9 Å². The van der Waals surface area contributed by atoms with Crippen LogP contribution in [0.4, 0.5) is 10.5 Å². The van der Waals surface area contributed by atoms with Crippen molar-refractivity contribution in [2.75, 3.05) is 38.6 Å². The number of hydrogen-bond acceptors (Lipinski definition) is 4. The number of anilines is 1. The fourth-order valence-electron chi connectivity index (χ4n) is 6.47. The van der Waals surface area contributed by atoms with Gasteiger partial charge < -0.3 is 15.0 Å². The molecule has 6 rings (SSSR count). The lowest BCUT2D eigenvalue weighted by Gasteiger charge is -2.44. The number of alkyl carbamates (subject to hydrolysis) is 1. The van der Waals surface area contributed by atoms with Crippen LogP contribution in [-0.4, -0.2) is 50.8 Å². The minimum atomic E-state index is -0.245. The Morgan fingerprint density at radius 2 is 1.82 bits per heavy atom. The standard InChI is InChI=1S/C29H39N3O2/c1-5-29(6-2)18-23-16-22(21-8-7-9-24(17-21)31(3)4)10-11-25(23)27(29)30-28(33)34-26-19-32-14-12-20(26)13-15-32/h7-11,16-17,20,26-27H,5-6,12-15,18-19H2,1-4H3,(H,30,33)/t26-,27?/m1/s1. The molecule has 2 bridgehead atoms. The van der Waals surface area contributed by atoms with Gasteiger partial charge in [0.25, 0.3) is 0 Å². The quantitative estimate of drug-likeness (QED) is 0.604.